The van der Waals surface area contributed by atoms with Crippen molar-refractivity contribution in [1.29, 1.82) is 0 Å². The maximum atomic E-state index is 12.6. The average Bonchev–Trinajstić information content (AvgIpc) is 2.95. The fraction of sp³-hybridized carbons (Fsp3) is 0.350. The SMILES string of the molecule is CC[C@H](C)Cc1c(C)sc2nc(COC(=O)c3cccc(O)c3)[nH]c(=O)c12. The van der Waals surface area contributed by atoms with Crippen LogP contribution in [0.15, 0.2) is 29.1 Å². The lowest BCUT2D eigenvalue weighted by atomic mass is 9.98. The molecule has 0 aliphatic carbocycles. The zero-order chi connectivity index (χ0) is 19.6. The fourth-order valence-electron chi connectivity index (χ4n) is 2.88. The van der Waals surface area contributed by atoms with Crippen LogP contribution < -0.4 is 5.56 Å². The number of benzene rings is 1. The van der Waals surface area contributed by atoms with Crippen molar-refractivity contribution in [2.45, 2.75) is 40.2 Å². The van der Waals surface area contributed by atoms with Gasteiger partial charge in [0.1, 0.15) is 23.0 Å². The van der Waals surface area contributed by atoms with Crippen LogP contribution in [0.25, 0.3) is 10.2 Å². The molecule has 0 aliphatic rings. The molecule has 2 N–H and O–H groups in total. The number of ether oxygens (including phenoxy) is 1. The van der Waals surface area contributed by atoms with E-state index in [1.54, 1.807) is 12.1 Å². The molecule has 0 unspecified atom stereocenters. The molecule has 0 saturated heterocycles. The van der Waals surface area contributed by atoms with Gasteiger partial charge in [-0.15, -0.1) is 11.3 Å². The molecule has 0 saturated carbocycles. The van der Waals surface area contributed by atoms with Gasteiger partial charge in [-0.25, -0.2) is 9.78 Å². The number of esters is 1. The van der Waals surface area contributed by atoms with Crippen molar-refractivity contribution >= 4 is 27.5 Å². The second-order valence-corrected chi connectivity index (χ2v) is 7.88. The number of hydrogen-bond donors (Lipinski definition) is 2. The number of rotatable bonds is 6. The Bertz CT molecular complexity index is 1040. The van der Waals surface area contributed by atoms with Crippen LogP contribution in [-0.2, 0) is 17.8 Å². The van der Waals surface area contributed by atoms with Gasteiger partial charge in [-0.05, 0) is 43.0 Å². The number of carbonyl (C=O) groups is 1. The Morgan fingerprint density at radius 2 is 2.19 bits per heavy atom. The highest BCUT2D eigenvalue weighted by Crippen LogP contribution is 2.29. The summed E-state index contributed by atoms with van der Waals surface area (Å²) in [7, 11) is 0. The molecule has 3 rings (SSSR count). The third-order valence-electron chi connectivity index (χ3n) is 4.58. The van der Waals surface area contributed by atoms with Crippen LogP contribution in [0.4, 0.5) is 0 Å². The van der Waals surface area contributed by atoms with Crippen LogP contribution in [0.3, 0.4) is 0 Å². The molecule has 142 valence electrons. The summed E-state index contributed by atoms with van der Waals surface area (Å²) in [6.07, 6.45) is 1.89. The van der Waals surface area contributed by atoms with Gasteiger partial charge in [0, 0.05) is 4.88 Å². The van der Waals surface area contributed by atoms with Crippen LogP contribution in [0.2, 0.25) is 0 Å². The molecule has 0 spiro atoms. The highest BCUT2D eigenvalue weighted by molar-refractivity contribution is 7.18. The number of nitrogens with zero attached hydrogens (tertiary/aromatic N) is 1. The van der Waals surface area contributed by atoms with Gasteiger partial charge >= 0.3 is 5.97 Å². The van der Waals surface area contributed by atoms with E-state index in [-0.39, 0.29) is 23.5 Å². The largest absolute Gasteiger partial charge is 0.508 e. The van der Waals surface area contributed by atoms with Gasteiger partial charge in [-0.1, -0.05) is 26.3 Å². The van der Waals surface area contributed by atoms with Crippen molar-refractivity contribution in [3.8, 4) is 5.75 Å². The molecule has 1 aromatic carbocycles. The molecule has 2 aromatic heterocycles. The highest BCUT2D eigenvalue weighted by Gasteiger charge is 2.17. The second-order valence-electron chi connectivity index (χ2n) is 6.67. The van der Waals surface area contributed by atoms with Crippen LogP contribution in [0.1, 0.15) is 46.9 Å². The minimum Gasteiger partial charge on any atom is -0.508 e. The first kappa shape index (κ1) is 19.1. The van der Waals surface area contributed by atoms with Gasteiger partial charge in [0.2, 0.25) is 0 Å². The van der Waals surface area contributed by atoms with E-state index in [9.17, 15) is 14.7 Å². The van der Waals surface area contributed by atoms with E-state index in [1.807, 2.05) is 6.92 Å². The van der Waals surface area contributed by atoms with Crippen LogP contribution in [-0.4, -0.2) is 21.0 Å². The fourth-order valence-corrected chi connectivity index (χ4v) is 3.95. The molecular formula is C20H22N2O4S. The van der Waals surface area contributed by atoms with Gasteiger partial charge in [0.25, 0.3) is 5.56 Å². The zero-order valence-corrected chi connectivity index (χ0v) is 16.4. The third kappa shape index (κ3) is 4.19. The lowest BCUT2D eigenvalue weighted by Gasteiger charge is -2.08. The summed E-state index contributed by atoms with van der Waals surface area (Å²) in [6, 6.07) is 5.90. The van der Waals surface area contributed by atoms with E-state index >= 15 is 0 Å². The lowest BCUT2D eigenvalue weighted by Crippen LogP contribution is -2.15. The quantitative estimate of drug-likeness (QED) is 0.626. The molecule has 27 heavy (non-hydrogen) atoms. The number of phenolic OH excluding ortho intramolecular Hbond substituents is 1. The van der Waals surface area contributed by atoms with Crippen LogP contribution in [0.5, 0.6) is 5.75 Å². The van der Waals surface area contributed by atoms with Crippen molar-refractivity contribution in [1.82, 2.24) is 9.97 Å². The number of aryl methyl sites for hydroxylation is 1. The Labute approximate surface area is 160 Å². The van der Waals surface area contributed by atoms with E-state index in [0.29, 0.717) is 22.0 Å². The minimum atomic E-state index is -0.589. The predicted octanol–water partition coefficient (Wildman–Crippen LogP) is 3.94. The van der Waals surface area contributed by atoms with Gasteiger partial charge < -0.3 is 14.8 Å². The van der Waals surface area contributed by atoms with Crippen molar-refractivity contribution < 1.29 is 14.6 Å². The summed E-state index contributed by atoms with van der Waals surface area (Å²) in [5.74, 6) is 0.190. The van der Waals surface area contributed by atoms with Crippen molar-refractivity contribution in [3.63, 3.8) is 0 Å². The van der Waals surface area contributed by atoms with Crippen LogP contribution >= 0.6 is 11.3 Å². The van der Waals surface area contributed by atoms with Crippen LogP contribution in [0, 0.1) is 12.8 Å². The summed E-state index contributed by atoms with van der Waals surface area (Å²) in [5, 5.41) is 10.1. The van der Waals surface area contributed by atoms with Gasteiger partial charge in [-0.3, -0.25) is 4.79 Å². The molecule has 3 aromatic rings. The standard InChI is InChI=1S/C20H22N2O4S/c1-4-11(2)8-15-12(3)27-19-17(15)18(24)21-16(22-19)10-26-20(25)13-6-5-7-14(23)9-13/h5-7,9,11,23H,4,8,10H2,1-3H3,(H,21,22,24)/t11-/m0/s1. The maximum absolute atomic E-state index is 12.6. The Morgan fingerprint density at radius 3 is 2.89 bits per heavy atom. The Hall–Kier alpha value is -2.67. The molecule has 7 heteroatoms. The number of aromatic hydroxyl groups is 1. The summed E-state index contributed by atoms with van der Waals surface area (Å²) in [4.78, 5) is 33.6. The molecule has 0 radical (unpaired) electrons. The number of aromatic nitrogens is 2. The summed E-state index contributed by atoms with van der Waals surface area (Å²) in [5.41, 5.74) is 1.09. The highest BCUT2D eigenvalue weighted by atomic mass is 32.1. The minimum absolute atomic E-state index is 0.0136. The number of carbonyl (C=O) groups excluding carboxylic acids is 1. The Kier molecular flexibility index (Phi) is 5.60. The molecule has 0 amide bonds. The number of thiophene rings is 1. The smallest absolute Gasteiger partial charge is 0.338 e. The molecule has 0 aliphatic heterocycles. The first-order valence-electron chi connectivity index (χ1n) is 8.86. The second kappa shape index (κ2) is 7.92. The summed E-state index contributed by atoms with van der Waals surface area (Å²) in [6.45, 7) is 6.16. The molecule has 2 heterocycles. The zero-order valence-electron chi connectivity index (χ0n) is 15.5. The molecule has 0 bridgehead atoms. The van der Waals surface area contributed by atoms with Crippen molar-refractivity contribution in [2.24, 2.45) is 5.92 Å². The van der Waals surface area contributed by atoms with Gasteiger partial charge in [0.15, 0.2) is 0 Å². The van der Waals surface area contributed by atoms with Crippen molar-refractivity contribution in [2.75, 3.05) is 0 Å². The van der Waals surface area contributed by atoms with Gasteiger partial charge in [0.05, 0.1) is 10.9 Å². The summed E-state index contributed by atoms with van der Waals surface area (Å²) < 4.78 is 5.21. The average molecular weight is 386 g/mol. The predicted molar refractivity (Wildman–Crippen MR) is 105 cm³/mol. The molecule has 6 nitrogen and oxygen atoms in total. The first-order valence-corrected chi connectivity index (χ1v) is 9.68. The molecular weight excluding hydrogens is 364 g/mol. The van der Waals surface area contributed by atoms with E-state index in [0.717, 1.165) is 23.3 Å². The monoisotopic (exact) mass is 386 g/mol. The topological polar surface area (TPSA) is 92.3 Å². The summed E-state index contributed by atoms with van der Waals surface area (Å²) >= 11 is 1.49. The normalized spacial score (nSPS) is 12.3. The van der Waals surface area contributed by atoms with E-state index < -0.39 is 5.97 Å². The van der Waals surface area contributed by atoms with Gasteiger partial charge in [-0.2, -0.15) is 0 Å². The van der Waals surface area contributed by atoms with E-state index in [4.69, 9.17) is 4.74 Å². The van der Waals surface area contributed by atoms with E-state index in [1.165, 1.54) is 23.5 Å². The van der Waals surface area contributed by atoms with E-state index in [2.05, 4.69) is 23.8 Å². The maximum Gasteiger partial charge on any atom is 0.338 e. The number of hydrogen-bond acceptors (Lipinski definition) is 6. The Morgan fingerprint density at radius 1 is 1.41 bits per heavy atom. The molecule has 0 fully saturated rings. The number of aromatic amines is 1. The number of nitrogens with one attached hydrogen (secondary N) is 1. The number of H-pyrrole nitrogens is 1. The first-order chi connectivity index (χ1) is 12.9. The Balaban J connectivity index is 1.82. The van der Waals surface area contributed by atoms with Crippen molar-refractivity contribution in [3.05, 3.63) is 56.4 Å². The number of phenols is 1. The lowest BCUT2D eigenvalue weighted by molar-refractivity contribution is 0.0462. The molecule has 1 atom stereocenters. The number of fused-ring (bicyclic) bond motifs is 1. The third-order valence-corrected chi connectivity index (χ3v) is 5.62.